The summed E-state index contributed by atoms with van der Waals surface area (Å²) >= 11 is 0. The summed E-state index contributed by atoms with van der Waals surface area (Å²) in [4.78, 5) is 14.3. The smallest absolute Gasteiger partial charge is 0.325 e. The number of hydrogen-bond donors (Lipinski definition) is 1. The third-order valence-corrected chi connectivity index (χ3v) is 4.63. The zero-order valence-electron chi connectivity index (χ0n) is 14.2. The molecule has 4 nitrogen and oxygen atoms in total. The van der Waals surface area contributed by atoms with Crippen molar-refractivity contribution in [2.24, 2.45) is 5.73 Å². The lowest BCUT2D eigenvalue weighted by Gasteiger charge is -2.33. The Hall–Kier alpha value is -0.610. The summed E-state index contributed by atoms with van der Waals surface area (Å²) in [6, 6.07) is 0.776. The molecular formula is C17H34N2O2. The van der Waals surface area contributed by atoms with Gasteiger partial charge in [0.05, 0.1) is 6.61 Å². The van der Waals surface area contributed by atoms with E-state index in [0.29, 0.717) is 13.0 Å². The molecule has 0 saturated heterocycles. The Kier molecular flexibility index (Phi) is 8.27. The van der Waals surface area contributed by atoms with E-state index in [9.17, 15) is 4.79 Å². The van der Waals surface area contributed by atoms with E-state index < -0.39 is 5.54 Å². The van der Waals surface area contributed by atoms with Gasteiger partial charge in [0.1, 0.15) is 5.54 Å². The normalized spacial score (nSPS) is 19.5. The molecule has 0 aliphatic heterocycles. The molecule has 4 heteroatoms. The van der Waals surface area contributed by atoms with Gasteiger partial charge in [0.15, 0.2) is 0 Å². The summed E-state index contributed by atoms with van der Waals surface area (Å²) < 4.78 is 5.03. The number of esters is 1. The molecule has 0 bridgehead atoms. The summed E-state index contributed by atoms with van der Waals surface area (Å²) in [6.07, 6.45) is 9.66. The van der Waals surface area contributed by atoms with Crippen molar-refractivity contribution < 1.29 is 9.53 Å². The van der Waals surface area contributed by atoms with Gasteiger partial charge in [-0.15, -0.1) is 0 Å². The molecule has 2 N–H and O–H groups in total. The molecule has 0 aromatic heterocycles. The molecule has 0 radical (unpaired) electrons. The van der Waals surface area contributed by atoms with Crippen molar-refractivity contribution in [3.05, 3.63) is 0 Å². The van der Waals surface area contributed by atoms with E-state index in [0.717, 1.165) is 32.0 Å². The largest absolute Gasteiger partial charge is 0.465 e. The number of carbonyl (C=O) groups is 1. The number of nitrogens with two attached hydrogens (primary N) is 1. The highest BCUT2D eigenvalue weighted by Crippen LogP contribution is 2.23. The van der Waals surface area contributed by atoms with Gasteiger partial charge in [-0.05, 0) is 59.0 Å². The van der Waals surface area contributed by atoms with Crippen molar-refractivity contribution in [2.75, 3.05) is 19.7 Å². The van der Waals surface area contributed by atoms with Crippen LogP contribution in [0.15, 0.2) is 0 Å². The molecule has 1 fully saturated rings. The molecule has 0 aromatic rings. The van der Waals surface area contributed by atoms with E-state index in [1.165, 1.54) is 32.1 Å². The Balaban J connectivity index is 2.26. The molecule has 124 valence electrons. The van der Waals surface area contributed by atoms with Crippen molar-refractivity contribution in [3.63, 3.8) is 0 Å². The van der Waals surface area contributed by atoms with Crippen LogP contribution in [0.4, 0.5) is 0 Å². The van der Waals surface area contributed by atoms with E-state index in [1.54, 1.807) is 6.92 Å². The predicted molar refractivity (Wildman–Crippen MR) is 87.2 cm³/mol. The number of ether oxygens (including phenoxy) is 1. The monoisotopic (exact) mass is 298 g/mol. The van der Waals surface area contributed by atoms with E-state index >= 15 is 0 Å². The van der Waals surface area contributed by atoms with E-state index in [-0.39, 0.29) is 5.97 Å². The average Bonchev–Trinajstić information content (AvgIpc) is 2.48. The molecule has 0 heterocycles. The number of unbranched alkanes of at least 4 members (excludes halogenated alkanes) is 1. The fourth-order valence-electron chi connectivity index (χ4n) is 3.25. The second-order valence-corrected chi connectivity index (χ2v) is 6.52. The molecule has 0 spiro atoms. The fraction of sp³-hybridized carbons (Fsp3) is 0.941. The highest BCUT2D eigenvalue weighted by Gasteiger charge is 2.29. The van der Waals surface area contributed by atoms with Crippen molar-refractivity contribution in [2.45, 2.75) is 83.7 Å². The summed E-state index contributed by atoms with van der Waals surface area (Å²) in [5.41, 5.74) is 5.21. The number of nitrogens with zero attached hydrogens (tertiary/aromatic N) is 1. The Morgan fingerprint density at radius 1 is 1.24 bits per heavy atom. The van der Waals surface area contributed by atoms with Gasteiger partial charge < -0.3 is 15.4 Å². The maximum absolute atomic E-state index is 11.7. The third-order valence-electron chi connectivity index (χ3n) is 4.63. The van der Waals surface area contributed by atoms with Crippen LogP contribution in [0, 0.1) is 0 Å². The van der Waals surface area contributed by atoms with Crippen LogP contribution in [-0.4, -0.2) is 42.1 Å². The first kappa shape index (κ1) is 18.4. The van der Waals surface area contributed by atoms with Gasteiger partial charge in [0.25, 0.3) is 0 Å². The Morgan fingerprint density at radius 2 is 1.90 bits per heavy atom. The summed E-state index contributed by atoms with van der Waals surface area (Å²) in [6.45, 7) is 8.50. The first-order valence-corrected chi connectivity index (χ1v) is 8.71. The van der Waals surface area contributed by atoms with Crippen LogP contribution in [-0.2, 0) is 9.53 Å². The van der Waals surface area contributed by atoms with Gasteiger partial charge in [-0.25, -0.2) is 0 Å². The molecule has 0 amide bonds. The lowest BCUT2D eigenvalue weighted by molar-refractivity contribution is -0.149. The highest BCUT2D eigenvalue weighted by molar-refractivity contribution is 5.79. The summed E-state index contributed by atoms with van der Waals surface area (Å²) in [5, 5.41) is 0. The van der Waals surface area contributed by atoms with E-state index in [4.69, 9.17) is 10.5 Å². The molecule has 1 unspecified atom stereocenters. The third kappa shape index (κ3) is 6.35. The molecule has 1 aliphatic rings. The van der Waals surface area contributed by atoms with Crippen LogP contribution in [0.5, 0.6) is 0 Å². The minimum Gasteiger partial charge on any atom is -0.465 e. The minimum absolute atomic E-state index is 0.273. The van der Waals surface area contributed by atoms with Crippen molar-refractivity contribution in [1.29, 1.82) is 0 Å². The predicted octanol–water partition coefficient (Wildman–Crippen LogP) is 3.09. The van der Waals surface area contributed by atoms with Gasteiger partial charge in [0.2, 0.25) is 0 Å². The van der Waals surface area contributed by atoms with Crippen molar-refractivity contribution in [1.82, 2.24) is 4.90 Å². The van der Waals surface area contributed by atoms with Gasteiger partial charge in [0, 0.05) is 6.04 Å². The molecule has 1 rings (SSSR count). The summed E-state index contributed by atoms with van der Waals surface area (Å²) in [5.74, 6) is -0.273. The van der Waals surface area contributed by atoms with Crippen LogP contribution in [0.1, 0.15) is 72.1 Å². The standard InChI is InChI=1S/C17H34N2O2/c1-4-19(15-11-7-6-8-12-15)14-10-9-13-17(3,18)16(20)21-5-2/h15H,4-14,18H2,1-3H3. The second-order valence-electron chi connectivity index (χ2n) is 6.52. The Morgan fingerprint density at radius 3 is 2.48 bits per heavy atom. The molecule has 1 saturated carbocycles. The van der Waals surface area contributed by atoms with Crippen LogP contribution >= 0.6 is 0 Å². The topological polar surface area (TPSA) is 55.6 Å². The van der Waals surface area contributed by atoms with Gasteiger partial charge in [-0.1, -0.05) is 26.2 Å². The first-order valence-electron chi connectivity index (χ1n) is 8.71. The molecular weight excluding hydrogens is 264 g/mol. The Bertz CT molecular complexity index is 299. The van der Waals surface area contributed by atoms with Crippen LogP contribution in [0.25, 0.3) is 0 Å². The van der Waals surface area contributed by atoms with Gasteiger partial charge in [-0.3, -0.25) is 4.79 Å². The zero-order valence-corrected chi connectivity index (χ0v) is 14.2. The second kappa shape index (κ2) is 9.42. The molecule has 21 heavy (non-hydrogen) atoms. The summed E-state index contributed by atoms with van der Waals surface area (Å²) in [7, 11) is 0. The van der Waals surface area contributed by atoms with Gasteiger partial charge in [-0.2, -0.15) is 0 Å². The lowest BCUT2D eigenvalue weighted by Crippen LogP contribution is -2.46. The number of rotatable bonds is 9. The van der Waals surface area contributed by atoms with Crippen LogP contribution in [0.3, 0.4) is 0 Å². The van der Waals surface area contributed by atoms with Crippen LogP contribution in [0.2, 0.25) is 0 Å². The fourth-order valence-corrected chi connectivity index (χ4v) is 3.25. The van der Waals surface area contributed by atoms with E-state index in [2.05, 4.69) is 11.8 Å². The number of hydrogen-bond acceptors (Lipinski definition) is 4. The molecule has 1 atom stereocenters. The van der Waals surface area contributed by atoms with E-state index in [1.807, 2.05) is 6.92 Å². The SMILES string of the molecule is CCOC(=O)C(C)(N)CCCCN(CC)C1CCCCC1. The van der Waals surface area contributed by atoms with Gasteiger partial charge >= 0.3 is 5.97 Å². The maximum Gasteiger partial charge on any atom is 0.325 e. The van der Waals surface area contributed by atoms with Crippen LogP contribution < -0.4 is 5.73 Å². The Labute approximate surface area is 130 Å². The van der Waals surface area contributed by atoms with Crippen molar-refractivity contribution in [3.8, 4) is 0 Å². The average molecular weight is 298 g/mol. The quantitative estimate of drug-likeness (QED) is 0.525. The van der Waals surface area contributed by atoms with Crippen molar-refractivity contribution >= 4 is 5.97 Å². The first-order chi connectivity index (χ1) is 10.0. The molecule has 1 aliphatic carbocycles. The number of carbonyl (C=O) groups excluding carboxylic acids is 1. The zero-order chi connectivity index (χ0) is 15.7. The lowest BCUT2D eigenvalue weighted by atomic mass is 9.93. The highest BCUT2D eigenvalue weighted by atomic mass is 16.5. The minimum atomic E-state index is -0.835. The maximum atomic E-state index is 11.7. The molecule has 0 aromatic carbocycles.